The molecule has 12 aromatic rings. The van der Waals surface area contributed by atoms with Crippen LogP contribution in [0.5, 0.6) is 0 Å². The lowest BCUT2D eigenvalue weighted by Gasteiger charge is -2.12. The van der Waals surface area contributed by atoms with Gasteiger partial charge in [-0.3, -0.25) is 0 Å². The molecule has 8 nitrogen and oxygen atoms in total. The van der Waals surface area contributed by atoms with Gasteiger partial charge in [0.15, 0.2) is 28.9 Å². The normalized spacial score (nSPS) is 11.5. The highest BCUT2D eigenvalue weighted by molar-refractivity contribution is 6.09. The van der Waals surface area contributed by atoms with Crippen LogP contribution in [0.2, 0.25) is 0 Å². The minimum absolute atomic E-state index is 0.505. The smallest absolute Gasteiger partial charge is 0.229 e. The van der Waals surface area contributed by atoms with Crippen molar-refractivity contribution < 1.29 is 4.42 Å². The molecule has 7 aromatic carbocycles. The van der Waals surface area contributed by atoms with Crippen molar-refractivity contribution in [1.29, 1.82) is 0 Å². The Bertz CT molecular complexity index is 3570. The van der Waals surface area contributed by atoms with Crippen molar-refractivity contribution in [3.05, 3.63) is 200 Å². The molecule has 0 unspecified atom stereocenters. The number of furan rings is 1. The third-order valence-corrected chi connectivity index (χ3v) is 11.3. The second-order valence-corrected chi connectivity index (χ2v) is 15.2. The molecule has 12 rings (SSSR count). The number of aromatic nitrogens is 7. The van der Waals surface area contributed by atoms with Crippen LogP contribution in [-0.2, 0) is 0 Å². The monoisotopic (exact) mass is 795 g/mol. The van der Waals surface area contributed by atoms with Crippen molar-refractivity contribution in [2.24, 2.45) is 0 Å². The van der Waals surface area contributed by atoms with E-state index in [0.29, 0.717) is 40.1 Å². The summed E-state index contributed by atoms with van der Waals surface area (Å²) in [5.74, 6) is 2.40. The molecular weight excluding hydrogens is 763 g/mol. The third-order valence-electron chi connectivity index (χ3n) is 11.3. The molecule has 0 fully saturated rings. The molecule has 0 saturated heterocycles. The Balaban J connectivity index is 0.946. The second kappa shape index (κ2) is 14.6. The van der Waals surface area contributed by atoms with Gasteiger partial charge in [-0.05, 0) is 35.9 Å². The molecular formula is C54H33N7O. The average Bonchev–Trinajstić information content (AvgIpc) is 3.90. The van der Waals surface area contributed by atoms with Gasteiger partial charge in [-0.15, -0.1) is 0 Å². The Morgan fingerprint density at radius 1 is 0.355 bits per heavy atom. The lowest BCUT2D eigenvalue weighted by Crippen LogP contribution is -2.01. The van der Waals surface area contributed by atoms with E-state index in [2.05, 4.69) is 108 Å². The van der Waals surface area contributed by atoms with E-state index in [1.807, 2.05) is 97.2 Å². The molecule has 290 valence electrons. The molecule has 0 bridgehead atoms. The first kappa shape index (κ1) is 35.3. The molecule has 0 aliphatic rings. The maximum Gasteiger partial charge on any atom is 0.229 e. The zero-order valence-electron chi connectivity index (χ0n) is 33.1. The zero-order valence-corrected chi connectivity index (χ0v) is 33.1. The van der Waals surface area contributed by atoms with Crippen LogP contribution in [0.3, 0.4) is 0 Å². The minimum Gasteiger partial charge on any atom is -0.434 e. The van der Waals surface area contributed by atoms with Gasteiger partial charge in [-0.2, -0.15) is 0 Å². The van der Waals surface area contributed by atoms with Gasteiger partial charge in [0.25, 0.3) is 0 Å². The molecule has 8 heteroatoms. The SMILES string of the molecule is c1ccc(-c2nc(-c3ccc(-c4cnc5oc6c(-c7ccccc7)nc(-c7ccccc7)nc6c5c4)cc3)nc(-c3cccc(-n4c5ccccc5c5ccccc54)c3)n2)cc1. The number of benzene rings is 7. The fourth-order valence-corrected chi connectivity index (χ4v) is 8.34. The van der Waals surface area contributed by atoms with Crippen molar-refractivity contribution in [1.82, 2.24) is 34.5 Å². The van der Waals surface area contributed by atoms with Gasteiger partial charge < -0.3 is 8.98 Å². The van der Waals surface area contributed by atoms with Gasteiger partial charge in [-0.25, -0.2) is 29.9 Å². The van der Waals surface area contributed by atoms with Gasteiger partial charge in [0.2, 0.25) is 5.71 Å². The van der Waals surface area contributed by atoms with E-state index in [4.69, 9.17) is 34.3 Å². The predicted molar refractivity (Wildman–Crippen MR) is 247 cm³/mol. The average molecular weight is 796 g/mol. The third kappa shape index (κ3) is 6.09. The number of nitrogens with zero attached hydrogens (tertiary/aromatic N) is 7. The lowest BCUT2D eigenvalue weighted by molar-refractivity contribution is 0.653. The molecule has 0 N–H and O–H groups in total. The number of fused-ring (bicyclic) bond motifs is 6. The van der Waals surface area contributed by atoms with Crippen LogP contribution in [0, 0.1) is 0 Å². The standard InChI is InChI=1S/C54H33N7O/c1-4-15-35(16-5-1)47-49-48(57-50(56-47)36-17-6-2-7-18-36)44-32-40(33-55-54(44)62-49)34-27-29-38(30-28-34)52-58-51(37-19-8-3-9-20-37)59-53(60-52)39-21-14-22-41(31-39)61-45-25-12-10-23-42(45)43-24-11-13-26-46(43)61/h1-33H. The molecule has 5 aromatic heterocycles. The van der Waals surface area contributed by atoms with E-state index in [1.165, 1.54) is 10.8 Å². The van der Waals surface area contributed by atoms with E-state index < -0.39 is 0 Å². The Morgan fingerprint density at radius 2 is 0.855 bits per heavy atom. The van der Waals surface area contributed by atoms with E-state index in [-0.39, 0.29) is 0 Å². The van der Waals surface area contributed by atoms with Gasteiger partial charge in [0.05, 0.1) is 16.4 Å². The molecule has 62 heavy (non-hydrogen) atoms. The van der Waals surface area contributed by atoms with Crippen LogP contribution in [0.15, 0.2) is 205 Å². The summed E-state index contributed by atoms with van der Waals surface area (Å²) >= 11 is 0. The first-order valence-electron chi connectivity index (χ1n) is 20.4. The molecule has 0 atom stereocenters. The second-order valence-electron chi connectivity index (χ2n) is 15.2. The van der Waals surface area contributed by atoms with E-state index in [0.717, 1.165) is 66.7 Å². The van der Waals surface area contributed by atoms with Crippen molar-refractivity contribution >= 4 is 44.0 Å². The summed E-state index contributed by atoms with van der Waals surface area (Å²) in [6.07, 6.45) is 1.84. The van der Waals surface area contributed by atoms with Gasteiger partial charge in [0, 0.05) is 56.0 Å². The van der Waals surface area contributed by atoms with Crippen LogP contribution < -0.4 is 0 Å². The van der Waals surface area contributed by atoms with Gasteiger partial charge in [-0.1, -0.05) is 164 Å². The van der Waals surface area contributed by atoms with Gasteiger partial charge in [0.1, 0.15) is 11.2 Å². The number of hydrogen-bond acceptors (Lipinski definition) is 7. The van der Waals surface area contributed by atoms with Crippen molar-refractivity contribution in [3.63, 3.8) is 0 Å². The summed E-state index contributed by atoms with van der Waals surface area (Å²) in [6.45, 7) is 0. The highest BCUT2D eigenvalue weighted by Crippen LogP contribution is 2.38. The zero-order chi connectivity index (χ0) is 41.0. The maximum absolute atomic E-state index is 6.40. The number of para-hydroxylation sites is 2. The fourth-order valence-electron chi connectivity index (χ4n) is 8.34. The summed E-state index contributed by atoms with van der Waals surface area (Å²) in [4.78, 5) is 30.0. The largest absolute Gasteiger partial charge is 0.434 e. The molecule has 0 radical (unpaired) electrons. The van der Waals surface area contributed by atoms with Crippen LogP contribution in [-0.4, -0.2) is 34.5 Å². The van der Waals surface area contributed by atoms with Gasteiger partial charge >= 0.3 is 0 Å². The van der Waals surface area contributed by atoms with Crippen LogP contribution in [0.1, 0.15) is 0 Å². The Hall–Kier alpha value is -8.62. The highest BCUT2D eigenvalue weighted by Gasteiger charge is 2.20. The quantitative estimate of drug-likeness (QED) is 0.158. The number of hydrogen-bond donors (Lipinski definition) is 0. The summed E-state index contributed by atoms with van der Waals surface area (Å²) in [7, 11) is 0. The van der Waals surface area contributed by atoms with Crippen LogP contribution in [0.4, 0.5) is 0 Å². The number of rotatable bonds is 7. The molecule has 0 saturated carbocycles. The van der Waals surface area contributed by atoms with Crippen LogP contribution in [0.25, 0.3) is 118 Å². The summed E-state index contributed by atoms with van der Waals surface area (Å²) in [5, 5.41) is 3.24. The van der Waals surface area contributed by atoms with Crippen molar-refractivity contribution in [3.8, 4) is 73.6 Å². The molecule has 0 spiro atoms. The van der Waals surface area contributed by atoms with Crippen molar-refractivity contribution in [2.75, 3.05) is 0 Å². The van der Waals surface area contributed by atoms with E-state index in [1.54, 1.807) is 0 Å². The number of pyridine rings is 1. The lowest BCUT2D eigenvalue weighted by atomic mass is 10.0. The summed E-state index contributed by atoms with van der Waals surface area (Å²) in [5.41, 5.74) is 12.3. The summed E-state index contributed by atoms with van der Waals surface area (Å²) in [6, 6.07) is 66.0. The Labute approximate surface area is 355 Å². The minimum atomic E-state index is 0.505. The first-order chi connectivity index (χ1) is 30.7. The van der Waals surface area contributed by atoms with Crippen molar-refractivity contribution in [2.45, 2.75) is 0 Å². The highest BCUT2D eigenvalue weighted by atomic mass is 16.3. The van der Waals surface area contributed by atoms with E-state index >= 15 is 0 Å². The Kier molecular flexibility index (Phi) is 8.31. The first-order valence-corrected chi connectivity index (χ1v) is 20.4. The maximum atomic E-state index is 6.40. The molecule has 0 aliphatic carbocycles. The molecule has 0 aliphatic heterocycles. The van der Waals surface area contributed by atoms with E-state index in [9.17, 15) is 0 Å². The van der Waals surface area contributed by atoms with Crippen LogP contribution >= 0.6 is 0 Å². The Morgan fingerprint density at radius 3 is 1.48 bits per heavy atom. The fraction of sp³-hybridized carbons (Fsp3) is 0. The molecule has 0 amide bonds. The molecule has 5 heterocycles. The topological polar surface area (TPSA) is 95.4 Å². The predicted octanol–water partition coefficient (Wildman–Crippen LogP) is 13.1. The summed E-state index contributed by atoms with van der Waals surface area (Å²) < 4.78 is 8.71.